The number of para-hydroxylation sites is 1. The first-order valence-electron chi connectivity index (χ1n) is 9.10. The predicted octanol–water partition coefficient (Wildman–Crippen LogP) is 3.26. The molecule has 0 spiro atoms. The highest BCUT2D eigenvalue weighted by Crippen LogP contribution is 2.22. The summed E-state index contributed by atoms with van der Waals surface area (Å²) in [5.74, 6) is -0.0476. The molecule has 4 rings (SSSR count). The fourth-order valence-corrected chi connectivity index (χ4v) is 3.53. The van der Waals surface area contributed by atoms with Crippen molar-refractivity contribution in [1.82, 2.24) is 14.8 Å². The van der Waals surface area contributed by atoms with Crippen LogP contribution in [0, 0.1) is 11.3 Å². The van der Waals surface area contributed by atoms with E-state index >= 15 is 0 Å². The van der Waals surface area contributed by atoms with E-state index in [2.05, 4.69) is 16.0 Å². The number of fused-ring (bicyclic) bond motifs is 1. The summed E-state index contributed by atoms with van der Waals surface area (Å²) >= 11 is 0. The summed E-state index contributed by atoms with van der Waals surface area (Å²) in [7, 11) is 0. The molecule has 5 heteroatoms. The summed E-state index contributed by atoms with van der Waals surface area (Å²) < 4.78 is 0. The van der Waals surface area contributed by atoms with E-state index in [1.165, 1.54) is 0 Å². The van der Waals surface area contributed by atoms with Gasteiger partial charge in [-0.2, -0.15) is 5.26 Å². The third kappa shape index (κ3) is 3.53. The van der Waals surface area contributed by atoms with Gasteiger partial charge in [0.1, 0.15) is 11.7 Å². The molecule has 27 heavy (non-hydrogen) atoms. The number of piperazine rings is 1. The quantitative estimate of drug-likeness (QED) is 0.723. The second-order valence-electron chi connectivity index (χ2n) is 6.66. The molecule has 2 heterocycles. The van der Waals surface area contributed by atoms with Gasteiger partial charge in [-0.25, -0.2) is 4.98 Å². The molecule has 1 aromatic heterocycles. The highest BCUT2D eigenvalue weighted by Gasteiger charge is 2.27. The molecule has 2 aromatic carbocycles. The Labute approximate surface area is 158 Å². The Hall–Kier alpha value is -3.23. The number of amides is 1. The number of hydrogen-bond donors (Lipinski definition) is 0. The van der Waals surface area contributed by atoms with Crippen LogP contribution in [-0.2, 0) is 0 Å². The van der Waals surface area contributed by atoms with E-state index in [0.717, 1.165) is 16.5 Å². The molecule has 0 radical (unpaired) electrons. The maximum atomic E-state index is 12.8. The molecule has 0 saturated carbocycles. The highest BCUT2D eigenvalue weighted by molar-refractivity contribution is 5.95. The van der Waals surface area contributed by atoms with Crippen LogP contribution in [0.5, 0.6) is 0 Å². The lowest BCUT2D eigenvalue weighted by atomic mass is 10.1. The van der Waals surface area contributed by atoms with Crippen LogP contribution in [0.3, 0.4) is 0 Å². The zero-order chi connectivity index (χ0) is 18.6. The van der Waals surface area contributed by atoms with Gasteiger partial charge in [0.05, 0.1) is 11.6 Å². The van der Waals surface area contributed by atoms with Crippen LogP contribution in [0.25, 0.3) is 10.9 Å². The van der Waals surface area contributed by atoms with Gasteiger partial charge in [-0.1, -0.05) is 54.6 Å². The van der Waals surface area contributed by atoms with E-state index in [-0.39, 0.29) is 11.9 Å². The zero-order valence-electron chi connectivity index (χ0n) is 15.0. The fourth-order valence-electron chi connectivity index (χ4n) is 3.53. The molecule has 5 nitrogen and oxygen atoms in total. The van der Waals surface area contributed by atoms with Crippen LogP contribution in [0.15, 0.2) is 66.7 Å². The number of pyridine rings is 1. The van der Waals surface area contributed by atoms with E-state index in [1.54, 1.807) is 6.07 Å². The number of carbonyl (C=O) groups excluding carboxylic acids is 1. The summed E-state index contributed by atoms with van der Waals surface area (Å²) in [5, 5.41) is 10.6. The van der Waals surface area contributed by atoms with Gasteiger partial charge < -0.3 is 4.90 Å². The first-order chi connectivity index (χ1) is 13.3. The average molecular weight is 356 g/mol. The second kappa shape index (κ2) is 7.56. The van der Waals surface area contributed by atoms with Gasteiger partial charge in [0, 0.05) is 31.6 Å². The van der Waals surface area contributed by atoms with Crippen molar-refractivity contribution in [3.63, 3.8) is 0 Å². The molecule has 1 amide bonds. The molecule has 1 aliphatic rings. The molecule has 1 aliphatic heterocycles. The lowest BCUT2D eigenvalue weighted by Gasteiger charge is -2.36. The number of nitriles is 1. The van der Waals surface area contributed by atoms with Gasteiger partial charge in [-0.3, -0.25) is 9.69 Å². The van der Waals surface area contributed by atoms with Crippen LogP contribution < -0.4 is 0 Å². The molecule has 0 bridgehead atoms. The summed E-state index contributed by atoms with van der Waals surface area (Å²) in [4.78, 5) is 21.3. The van der Waals surface area contributed by atoms with Crippen molar-refractivity contribution in [2.75, 3.05) is 26.2 Å². The lowest BCUT2D eigenvalue weighted by Crippen LogP contribution is -2.49. The molecule has 3 aromatic rings. The minimum Gasteiger partial charge on any atom is -0.335 e. The van der Waals surface area contributed by atoms with Crippen LogP contribution in [0.2, 0.25) is 0 Å². The number of benzene rings is 2. The van der Waals surface area contributed by atoms with Gasteiger partial charge in [-0.15, -0.1) is 0 Å². The van der Waals surface area contributed by atoms with Crippen LogP contribution in [0.4, 0.5) is 0 Å². The van der Waals surface area contributed by atoms with Crippen molar-refractivity contribution in [1.29, 1.82) is 5.26 Å². The van der Waals surface area contributed by atoms with E-state index in [4.69, 9.17) is 0 Å². The summed E-state index contributed by atoms with van der Waals surface area (Å²) in [6.45, 7) is 2.54. The molecule has 1 fully saturated rings. The lowest BCUT2D eigenvalue weighted by molar-refractivity contribution is 0.0601. The smallest absolute Gasteiger partial charge is 0.272 e. The molecule has 134 valence electrons. The Kier molecular flexibility index (Phi) is 4.82. The average Bonchev–Trinajstić information content (AvgIpc) is 2.75. The largest absolute Gasteiger partial charge is 0.335 e. The summed E-state index contributed by atoms with van der Waals surface area (Å²) in [6, 6.07) is 23.4. The predicted molar refractivity (Wildman–Crippen MR) is 104 cm³/mol. The Bertz CT molecular complexity index is 988. The summed E-state index contributed by atoms with van der Waals surface area (Å²) in [6.07, 6.45) is 0. The van der Waals surface area contributed by atoms with Crippen molar-refractivity contribution in [2.45, 2.75) is 6.04 Å². The summed E-state index contributed by atoms with van der Waals surface area (Å²) in [5.41, 5.74) is 2.30. The Morgan fingerprint density at radius 2 is 1.63 bits per heavy atom. The van der Waals surface area contributed by atoms with Crippen molar-refractivity contribution < 1.29 is 4.79 Å². The van der Waals surface area contributed by atoms with E-state index in [1.807, 2.05) is 65.6 Å². The van der Waals surface area contributed by atoms with Crippen LogP contribution in [0.1, 0.15) is 22.1 Å². The van der Waals surface area contributed by atoms with E-state index in [0.29, 0.717) is 31.9 Å². The monoisotopic (exact) mass is 356 g/mol. The number of aromatic nitrogens is 1. The maximum Gasteiger partial charge on any atom is 0.272 e. The molecule has 1 atom stereocenters. The molecular weight excluding hydrogens is 336 g/mol. The van der Waals surface area contributed by atoms with Crippen molar-refractivity contribution >= 4 is 16.8 Å². The van der Waals surface area contributed by atoms with E-state index in [9.17, 15) is 10.1 Å². The number of rotatable bonds is 3. The van der Waals surface area contributed by atoms with E-state index < -0.39 is 0 Å². The maximum absolute atomic E-state index is 12.8. The van der Waals surface area contributed by atoms with Crippen molar-refractivity contribution in [2.24, 2.45) is 0 Å². The minimum atomic E-state index is -0.276. The SMILES string of the molecule is N#C[C@H](c1ccccc1)N1CCN(C(=O)c2ccc3ccccc3n2)CC1. The van der Waals surface area contributed by atoms with Gasteiger partial charge in [0.25, 0.3) is 5.91 Å². The molecular formula is C22H20N4O. The first-order valence-corrected chi connectivity index (χ1v) is 9.10. The fraction of sp³-hybridized carbons (Fsp3) is 0.227. The number of hydrogen-bond acceptors (Lipinski definition) is 4. The Morgan fingerprint density at radius 1 is 0.926 bits per heavy atom. The molecule has 1 saturated heterocycles. The normalized spacial score (nSPS) is 16.0. The third-order valence-corrected chi connectivity index (χ3v) is 5.02. The molecule has 0 unspecified atom stereocenters. The second-order valence-corrected chi connectivity index (χ2v) is 6.66. The number of carbonyl (C=O) groups is 1. The molecule has 0 N–H and O–H groups in total. The minimum absolute atomic E-state index is 0.0476. The van der Waals surface area contributed by atoms with Crippen LogP contribution >= 0.6 is 0 Å². The molecule has 0 aliphatic carbocycles. The van der Waals surface area contributed by atoms with Gasteiger partial charge >= 0.3 is 0 Å². The van der Waals surface area contributed by atoms with Gasteiger partial charge in [0.2, 0.25) is 0 Å². The Morgan fingerprint density at radius 3 is 2.37 bits per heavy atom. The zero-order valence-corrected chi connectivity index (χ0v) is 15.0. The van der Waals surface area contributed by atoms with Gasteiger partial charge in [-0.05, 0) is 17.7 Å². The topological polar surface area (TPSA) is 60.2 Å². The van der Waals surface area contributed by atoms with Crippen molar-refractivity contribution in [3.05, 3.63) is 78.0 Å². The van der Waals surface area contributed by atoms with Gasteiger partial charge in [0.15, 0.2) is 0 Å². The first kappa shape index (κ1) is 17.2. The highest BCUT2D eigenvalue weighted by atomic mass is 16.2. The van der Waals surface area contributed by atoms with Crippen molar-refractivity contribution in [3.8, 4) is 6.07 Å². The number of nitrogens with zero attached hydrogens (tertiary/aromatic N) is 4. The Balaban J connectivity index is 1.45. The van der Waals surface area contributed by atoms with Crippen LogP contribution in [-0.4, -0.2) is 46.9 Å². The third-order valence-electron chi connectivity index (χ3n) is 5.02. The standard InChI is InChI=1S/C22H20N4O/c23-16-21(18-7-2-1-3-8-18)25-12-14-26(15-13-25)22(27)20-11-10-17-6-4-5-9-19(17)24-20/h1-11,21H,12-15H2/t21-/m1/s1.